The second-order valence-electron chi connectivity index (χ2n) is 10.0. The van der Waals surface area contributed by atoms with Crippen molar-refractivity contribution in [2.45, 2.75) is 51.7 Å². The Morgan fingerprint density at radius 3 is 2.71 bits per heavy atom. The van der Waals surface area contributed by atoms with E-state index in [1.165, 1.54) is 0 Å². The lowest BCUT2D eigenvalue weighted by Gasteiger charge is -2.41. The van der Waals surface area contributed by atoms with Gasteiger partial charge in [-0.15, -0.1) is 0 Å². The topological polar surface area (TPSA) is 103 Å². The molecule has 188 valence electrons. The minimum atomic E-state index is -0.375. The molecular weight excluding hydrogens is 432 g/mol. The Balaban J connectivity index is 1.53. The summed E-state index contributed by atoms with van der Waals surface area (Å²) in [6, 6.07) is 5.95. The highest BCUT2D eigenvalue weighted by Gasteiger charge is 2.41. The van der Waals surface area contributed by atoms with Gasteiger partial charge in [-0.2, -0.15) is 0 Å². The second-order valence-corrected chi connectivity index (χ2v) is 10.0. The van der Waals surface area contributed by atoms with E-state index in [0.29, 0.717) is 13.1 Å². The van der Waals surface area contributed by atoms with Crippen molar-refractivity contribution in [1.82, 2.24) is 15.5 Å². The lowest BCUT2D eigenvalue weighted by atomic mass is 9.96. The smallest absolute Gasteiger partial charge is 0.414 e. The van der Waals surface area contributed by atoms with Crippen LogP contribution >= 0.6 is 0 Å². The van der Waals surface area contributed by atoms with Crippen molar-refractivity contribution < 1.29 is 14.3 Å². The summed E-state index contributed by atoms with van der Waals surface area (Å²) in [5.74, 6) is 0.375. The molecule has 4 rings (SSSR count). The number of ether oxygens (including phenoxy) is 1. The third-order valence-corrected chi connectivity index (χ3v) is 6.85. The molecule has 2 fully saturated rings. The van der Waals surface area contributed by atoms with Crippen LogP contribution in [0, 0.1) is 5.92 Å². The van der Waals surface area contributed by atoms with Gasteiger partial charge in [-0.25, -0.2) is 4.79 Å². The fraction of sp³-hybridized carbons (Fsp3) is 0.680. The van der Waals surface area contributed by atoms with E-state index in [2.05, 4.69) is 21.6 Å². The first-order chi connectivity index (χ1) is 16.4. The highest BCUT2D eigenvalue weighted by Crippen LogP contribution is 2.41. The summed E-state index contributed by atoms with van der Waals surface area (Å²) in [5, 5.41) is 6.89. The fourth-order valence-electron chi connectivity index (χ4n) is 4.79. The zero-order chi connectivity index (χ0) is 24.2. The van der Waals surface area contributed by atoms with Crippen molar-refractivity contribution >= 4 is 23.4 Å². The minimum Gasteiger partial charge on any atom is -0.446 e. The third-order valence-electron chi connectivity index (χ3n) is 6.85. The fourth-order valence-corrected chi connectivity index (χ4v) is 4.79. The summed E-state index contributed by atoms with van der Waals surface area (Å²) in [6.45, 7) is 12.3. The van der Waals surface area contributed by atoms with E-state index in [0.717, 1.165) is 69.2 Å². The molecule has 2 aliphatic heterocycles. The van der Waals surface area contributed by atoms with Gasteiger partial charge < -0.3 is 26.0 Å². The van der Waals surface area contributed by atoms with Crippen molar-refractivity contribution in [3.05, 3.63) is 23.8 Å². The van der Waals surface area contributed by atoms with Gasteiger partial charge in [-0.1, -0.05) is 6.07 Å². The van der Waals surface area contributed by atoms with E-state index in [1.54, 1.807) is 4.90 Å². The Kier molecular flexibility index (Phi) is 8.08. The van der Waals surface area contributed by atoms with E-state index >= 15 is 0 Å². The molecule has 1 unspecified atom stereocenters. The first kappa shape index (κ1) is 24.9. The van der Waals surface area contributed by atoms with Crippen molar-refractivity contribution in [1.29, 1.82) is 0 Å². The minimum absolute atomic E-state index is 0.107. The van der Waals surface area contributed by atoms with E-state index in [9.17, 15) is 9.59 Å². The molecule has 2 amide bonds. The molecule has 0 radical (unpaired) electrons. The highest BCUT2D eigenvalue weighted by atomic mass is 16.6. The maximum absolute atomic E-state index is 13.1. The predicted octanol–water partition coefficient (Wildman–Crippen LogP) is 1.68. The average Bonchev–Trinajstić information content (AvgIpc) is 3.53. The Hall–Kier alpha value is -2.20. The molecule has 1 aliphatic carbocycles. The van der Waals surface area contributed by atoms with Crippen LogP contribution in [0.2, 0.25) is 0 Å². The number of benzene rings is 1. The van der Waals surface area contributed by atoms with Gasteiger partial charge in [0.1, 0.15) is 0 Å². The van der Waals surface area contributed by atoms with Gasteiger partial charge >= 0.3 is 6.09 Å². The van der Waals surface area contributed by atoms with Gasteiger partial charge in [0, 0.05) is 64.3 Å². The normalized spacial score (nSPS) is 21.6. The first-order valence-electron chi connectivity index (χ1n) is 12.7. The van der Waals surface area contributed by atoms with Crippen LogP contribution in [0.1, 0.15) is 45.1 Å². The van der Waals surface area contributed by atoms with E-state index in [4.69, 9.17) is 10.5 Å². The van der Waals surface area contributed by atoms with Crippen LogP contribution in [0.5, 0.6) is 0 Å². The average molecular weight is 473 g/mol. The summed E-state index contributed by atoms with van der Waals surface area (Å²) in [5.41, 5.74) is 8.74. The summed E-state index contributed by atoms with van der Waals surface area (Å²) in [4.78, 5) is 32.0. The molecule has 0 spiro atoms. The van der Waals surface area contributed by atoms with Crippen LogP contribution in [0.3, 0.4) is 0 Å². The van der Waals surface area contributed by atoms with Gasteiger partial charge in [0.15, 0.2) is 0 Å². The maximum Gasteiger partial charge on any atom is 0.414 e. The molecule has 0 bridgehead atoms. The number of hydrogen-bond acceptors (Lipinski definition) is 7. The Labute approximate surface area is 203 Å². The summed E-state index contributed by atoms with van der Waals surface area (Å²) in [7, 11) is 0. The Morgan fingerprint density at radius 2 is 2.06 bits per heavy atom. The molecule has 0 aromatic heterocycles. The summed E-state index contributed by atoms with van der Waals surface area (Å²) < 4.78 is 5.54. The zero-order valence-electron chi connectivity index (χ0n) is 20.8. The Morgan fingerprint density at radius 1 is 1.26 bits per heavy atom. The molecule has 34 heavy (non-hydrogen) atoms. The molecule has 2 heterocycles. The number of amides is 2. The lowest BCUT2D eigenvalue weighted by Crippen LogP contribution is -2.52. The lowest BCUT2D eigenvalue weighted by molar-refractivity contribution is -0.120. The van der Waals surface area contributed by atoms with Gasteiger partial charge in [-0.3, -0.25) is 14.6 Å². The van der Waals surface area contributed by atoms with E-state index in [1.807, 2.05) is 37.8 Å². The number of nitrogens with zero attached hydrogens (tertiary/aromatic N) is 3. The summed E-state index contributed by atoms with van der Waals surface area (Å²) >= 11 is 0. The molecule has 9 nitrogen and oxygen atoms in total. The van der Waals surface area contributed by atoms with Crippen LogP contribution in [0.4, 0.5) is 16.2 Å². The number of anilines is 2. The van der Waals surface area contributed by atoms with Crippen LogP contribution < -0.4 is 26.2 Å². The quantitative estimate of drug-likeness (QED) is 0.470. The SMILES string of the molecule is CC(C)OC(=O)N1C[C@H](C)N(C(=O)C2CC2)c2ccc(C(CN)CNCCN3CCNC3)cc21. The zero-order valence-corrected chi connectivity index (χ0v) is 20.8. The summed E-state index contributed by atoms with van der Waals surface area (Å²) in [6.07, 6.45) is 1.30. The van der Waals surface area contributed by atoms with Crippen LogP contribution in [-0.2, 0) is 9.53 Å². The number of fused-ring (bicyclic) bond motifs is 1. The number of carbonyl (C=O) groups excluding carboxylic acids is 2. The van der Waals surface area contributed by atoms with Crippen molar-refractivity contribution in [2.75, 3.05) is 62.3 Å². The maximum atomic E-state index is 13.1. The molecular formula is C25H40N6O3. The number of nitrogens with two attached hydrogens (primary N) is 1. The molecule has 1 aromatic carbocycles. The molecule has 9 heteroatoms. The van der Waals surface area contributed by atoms with Crippen LogP contribution in [-0.4, -0.2) is 81.5 Å². The number of rotatable bonds is 9. The highest BCUT2D eigenvalue weighted by molar-refractivity contribution is 6.04. The van der Waals surface area contributed by atoms with Crippen molar-refractivity contribution in [2.24, 2.45) is 11.7 Å². The second kappa shape index (κ2) is 11.0. The number of hydrogen-bond donors (Lipinski definition) is 3. The van der Waals surface area contributed by atoms with Gasteiger partial charge in [0.05, 0.1) is 23.5 Å². The molecule has 4 N–H and O–H groups in total. The Bertz CT molecular complexity index is 868. The largest absolute Gasteiger partial charge is 0.446 e. The van der Waals surface area contributed by atoms with E-state index in [-0.39, 0.29) is 36.0 Å². The molecule has 1 aromatic rings. The number of nitrogens with one attached hydrogen (secondary N) is 2. The third kappa shape index (κ3) is 5.71. The van der Waals surface area contributed by atoms with Gasteiger partial charge in [0.2, 0.25) is 5.91 Å². The van der Waals surface area contributed by atoms with Crippen LogP contribution in [0.15, 0.2) is 18.2 Å². The molecule has 3 aliphatic rings. The molecule has 1 saturated heterocycles. The van der Waals surface area contributed by atoms with Crippen LogP contribution in [0.25, 0.3) is 0 Å². The van der Waals surface area contributed by atoms with Gasteiger partial charge in [0.25, 0.3) is 0 Å². The van der Waals surface area contributed by atoms with E-state index < -0.39 is 0 Å². The first-order valence-corrected chi connectivity index (χ1v) is 12.7. The molecule has 2 atom stereocenters. The molecule has 1 saturated carbocycles. The van der Waals surface area contributed by atoms with Gasteiger partial charge in [-0.05, 0) is 51.3 Å². The monoisotopic (exact) mass is 472 g/mol. The predicted molar refractivity (Wildman–Crippen MR) is 134 cm³/mol. The van der Waals surface area contributed by atoms with Crippen molar-refractivity contribution in [3.8, 4) is 0 Å². The number of carbonyl (C=O) groups is 2. The van der Waals surface area contributed by atoms with Crippen molar-refractivity contribution in [3.63, 3.8) is 0 Å². The standard InChI is InChI=1S/C25H40N6O3/c1-17(2)34-25(33)30-15-18(3)31(24(32)19-4-5-19)22-7-6-20(12-23(22)30)21(13-26)14-27-8-10-29-11-9-28-16-29/h6-7,12,17-19,21,27-28H,4-5,8-11,13-16,26H2,1-3H3/t18-,21?/m0/s1.